The molecule has 0 aliphatic heterocycles. The van der Waals surface area contributed by atoms with E-state index in [9.17, 15) is 13.6 Å². The number of benzene rings is 1. The number of ketones is 1. The third kappa shape index (κ3) is 3.01. The molecule has 0 fully saturated rings. The first-order valence-electron chi connectivity index (χ1n) is 4.69. The van der Waals surface area contributed by atoms with E-state index in [2.05, 4.69) is 0 Å². The van der Waals surface area contributed by atoms with Crippen molar-refractivity contribution in [1.29, 1.82) is 0 Å². The van der Waals surface area contributed by atoms with Gasteiger partial charge in [0.2, 0.25) is 0 Å². The molecule has 0 heterocycles. The number of ether oxygens (including phenoxy) is 1. The van der Waals surface area contributed by atoms with Crippen molar-refractivity contribution in [3.63, 3.8) is 0 Å². The fourth-order valence-corrected chi connectivity index (χ4v) is 1.11. The van der Waals surface area contributed by atoms with Crippen molar-refractivity contribution in [3.05, 3.63) is 29.8 Å². The fraction of sp³-hybridized carbons (Fsp3) is 0.364. The average Bonchev–Trinajstić information content (AvgIpc) is 2.22. The molecular formula is C11H12F2O2. The summed E-state index contributed by atoms with van der Waals surface area (Å²) < 4.78 is 30.9. The molecule has 0 aliphatic rings. The summed E-state index contributed by atoms with van der Waals surface area (Å²) in [4.78, 5) is 11.2. The molecule has 2 nitrogen and oxygen atoms in total. The molecule has 1 atom stereocenters. The third-order valence-electron chi connectivity index (χ3n) is 2.00. The Morgan fingerprint density at radius 3 is 2.73 bits per heavy atom. The third-order valence-corrected chi connectivity index (χ3v) is 2.00. The Hall–Kier alpha value is -1.45. The lowest BCUT2D eigenvalue weighted by Gasteiger charge is -2.13. The first-order chi connectivity index (χ1) is 7.04. The monoisotopic (exact) mass is 214 g/mol. The first kappa shape index (κ1) is 11.6. The van der Waals surface area contributed by atoms with Gasteiger partial charge in [-0.25, -0.2) is 8.78 Å². The highest BCUT2D eigenvalue weighted by Crippen LogP contribution is 2.19. The van der Waals surface area contributed by atoms with Crippen LogP contribution in [0.4, 0.5) is 8.78 Å². The Balaban J connectivity index is 2.80. The van der Waals surface area contributed by atoms with Crippen LogP contribution in [0.3, 0.4) is 0 Å². The van der Waals surface area contributed by atoms with E-state index in [-0.39, 0.29) is 11.5 Å². The second-order valence-electron chi connectivity index (χ2n) is 3.15. The lowest BCUT2D eigenvalue weighted by atomic mass is 10.2. The summed E-state index contributed by atoms with van der Waals surface area (Å²) in [7, 11) is 0. The van der Waals surface area contributed by atoms with Crippen LogP contribution in [0.2, 0.25) is 0 Å². The van der Waals surface area contributed by atoms with Crippen molar-refractivity contribution in [2.75, 3.05) is 0 Å². The van der Waals surface area contributed by atoms with Crippen LogP contribution in [0.5, 0.6) is 5.75 Å². The van der Waals surface area contributed by atoms with E-state index in [0.717, 1.165) is 18.2 Å². The second-order valence-corrected chi connectivity index (χ2v) is 3.15. The number of carbonyl (C=O) groups is 1. The number of rotatable bonds is 4. The van der Waals surface area contributed by atoms with Gasteiger partial charge < -0.3 is 4.74 Å². The summed E-state index contributed by atoms with van der Waals surface area (Å²) in [6.07, 6.45) is -0.454. The Labute approximate surface area is 86.9 Å². The summed E-state index contributed by atoms with van der Waals surface area (Å²) in [5.41, 5.74) is 0. The lowest BCUT2D eigenvalue weighted by molar-refractivity contribution is -0.124. The van der Waals surface area contributed by atoms with E-state index < -0.39 is 17.7 Å². The average molecular weight is 214 g/mol. The van der Waals surface area contributed by atoms with Gasteiger partial charge in [0.1, 0.15) is 5.82 Å². The maximum absolute atomic E-state index is 13.1. The maximum atomic E-state index is 13.1. The molecule has 0 radical (unpaired) electrons. The van der Waals surface area contributed by atoms with Gasteiger partial charge >= 0.3 is 0 Å². The smallest absolute Gasteiger partial charge is 0.172 e. The molecule has 0 saturated carbocycles. The number of halogens is 2. The number of hydrogen-bond donors (Lipinski definition) is 0. The molecule has 0 bridgehead atoms. The van der Waals surface area contributed by atoms with Gasteiger partial charge in [0.15, 0.2) is 23.5 Å². The zero-order valence-corrected chi connectivity index (χ0v) is 8.59. The quantitative estimate of drug-likeness (QED) is 0.770. The van der Waals surface area contributed by atoms with E-state index in [1.807, 2.05) is 0 Å². The molecule has 15 heavy (non-hydrogen) atoms. The van der Waals surface area contributed by atoms with E-state index >= 15 is 0 Å². The molecule has 1 rings (SSSR count). The van der Waals surface area contributed by atoms with Crippen LogP contribution in [-0.4, -0.2) is 11.9 Å². The van der Waals surface area contributed by atoms with Crippen molar-refractivity contribution in [3.8, 4) is 5.75 Å². The van der Waals surface area contributed by atoms with E-state index in [4.69, 9.17) is 4.74 Å². The molecule has 0 amide bonds. The normalized spacial score (nSPS) is 12.3. The van der Waals surface area contributed by atoms with E-state index in [0.29, 0.717) is 6.42 Å². The summed E-state index contributed by atoms with van der Waals surface area (Å²) in [6, 6.07) is 2.89. The van der Waals surface area contributed by atoms with Gasteiger partial charge in [-0.15, -0.1) is 0 Å². The van der Waals surface area contributed by atoms with Gasteiger partial charge in [0.05, 0.1) is 0 Å². The molecule has 0 aliphatic carbocycles. The molecule has 0 N–H and O–H groups in total. The van der Waals surface area contributed by atoms with Crippen LogP contribution in [0.15, 0.2) is 18.2 Å². The summed E-state index contributed by atoms with van der Waals surface area (Å²) in [6.45, 7) is 3.19. The van der Waals surface area contributed by atoms with E-state index in [1.165, 1.54) is 6.92 Å². The Morgan fingerprint density at radius 2 is 2.13 bits per heavy atom. The van der Waals surface area contributed by atoms with Gasteiger partial charge in [-0.3, -0.25) is 4.79 Å². The van der Waals surface area contributed by atoms with Gasteiger partial charge in [0.25, 0.3) is 0 Å². The number of hydrogen-bond acceptors (Lipinski definition) is 2. The molecule has 1 unspecified atom stereocenters. The SMILES string of the molecule is CCC(=O)C(C)Oc1cc(F)ccc1F. The second kappa shape index (κ2) is 4.87. The Kier molecular flexibility index (Phi) is 3.77. The minimum atomic E-state index is -0.758. The standard InChI is InChI=1S/C11H12F2O2/c1-3-10(14)7(2)15-11-6-8(12)4-5-9(11)13/h4-7H,3H2,1-2H3. The number of Topliss-reactive ketones (excluding diaryl/α,β-unsaturated/α-hetero) is 1. The molecule has 1 aromatic rings. The molecule has 1 aromatic carbocycles. The van der Waals surface area contributed by atoms with Crippen LogP contribution < -0.4 is 4.74 Å². The zero-order valence-electron chi connectivity index (χ0n) is 8.59. The minimum absolute atomic E-state index is 0.154. The molecule has 4 heteroatoms. The maximum Gasteiger partial charge on any atom is 0.172 e. The molecule has 0 spiro atoms. The zero-order chi connectivity index (χ0) is 11.4. The first-order valence-corrected chi connectivity index (χ1v) is 4.69. The molecular weight excluding hydrogens is 202 g/mol. The van der Waals surface area contributed by atoms with Crippen molar-refractivity contribution in [2.24, 2.45) is 0 Å². The Morgan fingerprint density at radius 1 is 1.47 bits per heavy atom. The van der Waals surface area contributed by atoms with Crippen LogP contribution >= 0.6 is 0 Å². The predicted molar refractivity (Wildman–Crippen MR) is 51.7 cm³/mol. The lowest BCUT2D eigenvalue weighted by Crippen LogP contribution is -2.23. The predicted octanol–water partition coefficient (Wildman–Crippen LogP) is 2.71. The highest BCUT2D eigenvalue weighted by atomic mass is 19.1. The largest absolute Gasteiger partial charge is 0.480 e. The molecule has 82 valence electrons. The topological polar surface area (TPSA) is 26.3 Å². The van der Waals surface area contributed by atoms with Crippen molar-refractivity contribution in [2.45, 2.75) is 26.4 Å². The van der Waals surface area contributed by atoms with Crippen LogP contribution in [-0.2, 0) is 4.79 Å². The molecule has 0 aromatic heterocycles. The summed E-state index contributed by atoms with van der Waals surface area (Å²) >= 11 is 0. The van der Waals surface area contributed by atoms with Crippen molar-refractivity contribution < 1.29 is 18.3 Å². The van der Waals surface area contributed by atoms with Crippen LogP contribution in [0.1, 0.15) is 20.3 Å². The summed E-state index contributed by atoms with van der Waals surface area (Å²) in [5.74, 6) is -1.65. The minimum Gasteiger partial charge on any atom is -0.480 e. The molecule has 0 saturated heterocycles. The van der Waals surface area contributed by atoms with Gasteiger partial charge in [-0.05, 0) is 19.1 Å². The van der Waals surface area contributed by atoms with Gasteiger partial charge in [-0.2, -0.15) is 0 Å². The number of carbonyl (C=O) groups excluding carboxylic acids is 1. The van der Waals surface area contributed by atoms with E-state index in [1.54, 1.807) is 6.92 Å². The van der Waals surface area contributed by atoms with Crippen molar-refractivity contribution >= 4 is 5.78 Å². The van der Waals surface area contributed by atoms with Crippen LogP contribution in [0.25, 0.3) is 0 Å². The van der Waals surface area contributed by atoms with Crippen molar-refractivity contribution in [1.82, 2.24) is 0 Å². The van der Waals surface area contributed by atoms with Gasteiger partial charge in [0, 0.05) is 12.5 Å². The fourth-order valence-electron chi connectivity index (χ4n) is 1.11. The Bertz CT molecular complexity index is 364. The highest BCUT2D eigenvalue weighted by Gasteiger charge is 2.14. The van der Waals surface area contributed by atoms with Crippen LogP contribution in [0, 0.1) is 11.6 Å². The van der Waals surface area contributed by atoms with Gasteiger partial charge in [-0.1, -0.05) is 6.92 Å². The highest BCUT2D eigenvalue weighted by molar-refractivity contribution is 5.82. The summed E-state index contributed by atoms with van der Waals surface area (Å²) in [5, 5.41) is 0.